The molecule has 1 aromatic carbocycles. The molecule has 4 nitrogen and oxygen atoms in total. The van der Waals surface area contributed by atoms with Crippen LogP contribution in [0.4, 0.5) is 5.69 Å². The smallest absolute Gasteiger partial charge is 0.101 e. The second-order valence-electron chi connectivity index (χ2n) is 5.61. The summed E-state index contributed by atoms with van der Waals surface area (Å²) < 4.78 is 5.60. The third-order valence-corrected chi connectivity index (χ3v) is 3.24. The van der Waals surface area contributed by atoms with Gasteiger partial charge in [-0.1, -0.05) is 25.4 Å². The van der Waals surface area contributed by atoms with Crippen molar-refractivity contribution < 1.29 is 9.84 Å². The number of nitrogens with zero attached hydrogens (tertiary/aromatic N) is 1. The second-order valence-corrected chi connectivity index (χ2v) is 6.05. The molecule has 0 aromatic heterocycles. The number of anilines is 1. The van der Waals surface area contributed by atoms with Gasteiger partial charge in [-0.15, -0.1) is 0 Å². The van der Waals surface area contributed by atoms with E-state index in [1.54, 1.807) is 18.2 Å². The molecule has 0 radical (unpaired) electrons. The molecule has 0 amide bonds. The number of hydrogen-bond acceptors (Lipinski definition) is 4. The molecule has 0 spiro atoms. The van der Waals surface area contributed by atoms with E-state index in [4.69, 9.17) is 21.6 Å². The van der Waals surface area contributed by atoms with Gasteiger partial charge < -0.3 is 15.2 Å². The normalized spacial score (nSPS) is 13.8. The summed E-state index contributed by atoms with van der Waals surface area (Å²) in [6.07, 6.45) is 0.457. The van der Waals surface area contributed by atoms with Gasteiger partial charge in [0.1, 0.15) is 6.07 Å². The first-order valence-corrected chi connectivity index (χ1v) is 7.53. The van der Waals surface area contributed by atoms with E-state index in [0.717, 1.165) is 6.42 Å². The van der Waals surface area contributed by atoms with E-state index < -0.39 is 6.10 Å². The molecule has 0 bridgehead atoms. The molecule has 2 atom stereocenters. The van der Waals surface area contributed by atoms with E-state index in [0.29, 0.717) is 28.7 Å². The molecule has 1 rings (SSSR count). The molecule has 2 unspecified atom stereocenters. The Morgan fingerprint density at radius 1 is 1.38 bits per heavy atom. The van der Waals surface area contributed by atoms with Crippen molar-refractivity contribution in [2.75, 3.05) is 18.5 Å². The lowest BCUT2D eigenvalue weighted by molar-refractivity contribution is -0.00443. The van der Waals surface area contributed by atoms with E-state index in [1.807, 2.05) is 6.92 Å². The zero-order chi connectivity index (χ0) is 15.8. The Bertz CT molecular complexity index is 486. The fourth-order valence-electron chi connectivity index (χ4n) is 2.05. The largest absolute Gasteiger partial charge is 0.389 e. The summed E-state index contributed by atoms with van der Waals surface area (Å²) in [5, 5.41) is 22.5. The number of hydrogen-bond donors (Lipinski definition) is 2. The lowest BCUT2D eigenvalue weighted by Gasteiger charge is -2.19. The van der Waals surface area contributed by atoms with Gasteiger partial charge in [-0.05, 0) is 37.5 Å². The standard InChI is InChI=1S/C16H23ClN2O2/c1-11(2)6-12(3)21-10-15(20)9-19-16-7-14(17)5-4-13(16)8-18/h4-5,7,11-12,15,19-20H,6,9-10H2,1-3H3. The number of aliphatic hydroxyl groups excluding tert-OH is 1. The number of ether oxygens (including phenoxy) is 1. The molecule has 116 valence electrons. The topological polar surface area (TPSA) is 65.3 Å². The van der Waals surface area contributed by atoms with E-state index in [-0.39, 0.29) is 12.7 Å². The van der Waals surface area contributed by atoms with Gasteiger partial charge in [0.05, 0.1) is 30.1 Å². The molecule has 21 heavy (non-hydrogen) atoms. The summed E-state index contributed by atoms with van der Waals surface area (Å²) in [4.78, 5) is 0. The SMILES string of the molecule is CC(C)CC(C)OCC(O)CNc1cc(Cl)ccc1C#N. The highest BCUT2D eigenvalue weighted by atomic mass is 35.5. The molecule has 2 N–H and O–H groups in total. The Morgan fingerprint density at radius 2 is 2.10 bits per heavy atom. The average molecular weight is 311 g/mol. The first-order chi connectivity index (χ1) is 9.92. The first kappa shape index (κ1) is 17.8. The predicted molar refractivity (Wildman–Crippen MR) is 85.5 cm³/mol. The van der Waals surface area contributed by atoms with Crippen molar-refractivity contribution in [3.63, 3.8) is 0 Å². The van der Waals surface area contributed by atoms with E-state index in [9.17, 15) is 5.11 Å². The second kappa shape index (κ2) is 8.89. The Morgan fingerprint density at radius 3 is 2.71 bits per heavy atom. The van der Waals surface area contributed by atoms with Crippen molar-refractivity contribution in [2.45, 2.75) is 39.4 Å². The number of aliphatic hydroxyl groups is 1. The molecule has 0 heterocycles. The maximum Gasteiger partial charge on any atom is 0.101 e. The number of benzene rings is 1. The summed E-state index contributed by atoms with van der Waals surface area (Å²) in [5.74, 6) is 0.569. The summed E-state index contributed by atoms with van der Waals surface area (Å²) in [7, 11) is 0. The van der Waals surface area contributed by atoms with E-state index >= 15 is 0 Å². The minimum Gasteiger partial charge on any atom is -0.389 e. The third kappa shape index (κ3) is 6.81. The zero-order valence-electron chi connectivity index (χ0n) is 12.8. The summed E-state index contributed by atoms with van der Waals surface area (Å²) in [6, 6.07) is 7.08. The van der Waals surface area contributed by atoms with Gasteiger partial charge in [0.2, 0.25) is 0 Å². The van der Waals surface area contributed by atoms with Crippen LogP contribution in [0, 0.1) is 17.2 Å². The molecule has 1 aromatic rings. The van der Waals surface area contributed by atoms with Crippen molar-refractivity contribution in [3.8, 4) is 6.07 Å². The number of rotatable bonds is 8. The summed E-state index contributed by atoms with van der Waals surface area (Å²) in [6.45, 7) is 6.86. The zero-order valence-corrected chi connectivity index (χ0v) is 13.5. The van der Waals surface area contributed by atoms with Crippen LogP contribution in [0.2, 0.25) is 5.02 Å². The maximum atomic E-state index is 9.92. The van der Waals surface area contributed by atoms with Gasteiger partial charge in [-0.2, -0.15) is 5.26 Å². The molecule has 0 fully saturated rings. The maximum absolute atomic E-state index is 9.92. The summed E-state index contributed by atoms with van der Waals surface area (Å²) >= 11 is 5.90. The highest BCUT2D eigenvalue weighted by Crippen LogP contribution is 2.20. The van der Waals surface area contributed by atoms with Crippen LogP contribution in [0.25, 0.3) is 0 Å². The van der Waals surface area contributed by atoms with Crippen LogP contribution >= 0.6 is 11.6 Å². The van der Waals surface area contributed by atoms with Crippen LogP contribution in [-0.2, 0) is 4.74 Å². The Kier molecular flexibility index (Phi) is 7.52. The van der Waals surface area contributed by atoms with Crippen molar-refractivity contribution in [1.29, 1.82) is 5.26 Å². The predicted octanol–water partition coefficient (Wildman–Crippen LogP) is 3.44. The fraction of sp³-hybridized carbons (Fsp3) is 0.562. The Hall–Kier alpha value is -1.28. The Labute approximate surface area is 131 Å². The monoisotopic (exact) mass is 310 g/mol. The number of nitriles is 1. The van der Waals surface area contributed by atoms with Gasteiger partial charge in [0.15, 0.2) is 0 Å². The van der Waals surface area contributed by atoms with Gasteiger partial charge in [0.25, 0.3) is 0 Å². The van der Waals surface area contributed by atoms with Crippen molar-refractivity contribution in [2.24, 2.45) is 5.92 Å². The molecule has 0 saturated heterocycles. The molecule has 0 saturated carbocycles. The first-order valence-electron chi connectivity index (χ1n) is 7.15. The lowest BCUT2D eigenvalue weighted by atomic mass is 10.1. The Balaban J connectivity index is 2.41. The van der Waals surface area contributed by atoms with Crippen LogP contribution in [0.5, 0.6) is 0 Å². The van der Waals surface area contributed by atoms with Crippen LogP contribution in [0.15, 0.2) is 18.2 Å². The molecule has 0 aliphatic carbocycles. The third-order valence-electron chi connectivity index (χ3n) is 3.01. The van der Waals surface area contributed by atoms with Gasteiger partial charge in [0, 0.05) is 11.6 Å². The molecule has 5 heteroatoms. The average Bonchev–Trinajstić information content (AvgIpc) is 2.42. The van der Waals surface area contributed by atoms with Crippen LogP contribution < -0.4 is 5.32 Å². The molecule has 0 aliphatic heterocycles. The highest BCUT2D eigenvalue weighted by Gasteiger charge is 2.11. The van der Waals surface area contributed by atoms with Crippen molar-refractivity contribution in [1.82, 2.24) is 0 Å². The van der Waals surface area contributed by atoms with Gasteiger partial charge in [-0.3, -0.25) is 0 Å². The van der Waals surface area contributed by atoms with Crippen molar-refractivity contribution >= 4 is 17.3 Å². The van der Waals surface area contributed by atoms with E-state index in [1.165, 1.54) is 0 Å². The lowest BCUT2D eigenvalue weighted by Crippen LogP contribution is -2.27. The van der Waals surface area contributed by atoms with Crippen molar-refractivity contribution in [3.05, 3.63) is 28.8 Å². The minimum absolute atomic E-state index is 0.125. The van der Waals surface area contributed by atoms with E-state index in [2.05, 4.69) is 25.2 Å². The minimum atomic E-state index is -0.634. The molecular formula is C16H23ClN2O2. The number of nitrogens with one attached hydrogen (secondary N) is 1. The van der Waals surface area contributed by atoms with Gasteiger partial charge in [-0.25, -0.2) is 0 Å². The number of halogens is 1. The summed E-state index contributed by atoms with van der Waals surface area (Å²) in [5.41, 5.74) is 1.12. The quantitative estimate of drug-likeness (QED) is 0.772. The highest BCUT2D eigenvalue weighted by molar-refractivity contribution is 6.30. The molecular weight excluding hydrogens is 288 g/mol. The van der Waals surface area contributed by atoms with Gasteiger partial charge >= 0.3 is 0 Å². The fourth-order valence-corrected chi connectivity index (χ4v) is 2.23. The molecule has 0 aliphatic rings. The van der Waals surface area contributed by atoms with Crippen LogP contribution in [-0.4, -0.2) is 30.5 Å². The van der Waals surface area contributed by atoms with Crippen LogP contribution in [0.3, 0.4) is 0 Å². The van der Waals surface area contributed by atoms with Crippen LogP contribution in [0.1, 0.15) is 32.8 Å².